The number of rotatable bonds is 5. The van der Waals surface area contributed by atoms with Gasteiger partial charge in [-0.25, -0.2) is 0 Å². The van der Waals surface area contributed by atoms with Gasteiger partial charge in [0.15, 0.2) is 0 Å². The van der Waals surface area contributed by atoms with Crippen molar-refractivity contribution in [2.75, 3.05) is 6.54 Å². The Morgan fingerprint density at radius 3 is 2.14 bits per heavy atom. The molecule has 120 valence electrons. The van der Waals surface area contributed by atoms with Gasteiger partial charge in [0.25, 0.3) is 0 Å². The van der Waals surface area contributed by atoms with Gasteiger partial charge in [-0.2, -0.15) is 13.2 Å². The molecule has 0 bridgehead atoms. The molecule has 1 aromatic rings. The summed E-state index contributed by atoms with van der Waals surface area (Å²) < 4.78 is 38.6. The summed E-state index contributed by atoms with van der Waals surface area (Å²) in [6.45, 7) is 6.53. The van der Waals surface area contributed by atoms with Crippen molar-refractivity contribution in [1.82, 2.24) is 0 Å². The number of nitrogens with two attached hydrogens (primary N) is 2. The highest BCUT2D eigenvalue weighted by Crippen LogP contribution is 2.34. The minimum absolute atomic E-state index is 0.137. The van der Waals surface area contributed by atoms with Crippen molar-refractivity contribution in [1.29, 1.82) is 0 Å². The van der Waals surface area contributed by atoms with Crippen LogP contribution in [0.2, 0.25) is 0 Å². The smallest absolute Gasteiger partial charge is 0.330 e. The number of halogens is 3. The van der Waals surface area contributed by atoms with Crippen molar-refractivity contribution in [3.8, 4) is 0 Å². The molecule has 4 N–H and O–H groups in total. The Hall–Kier alpha value is -1.07. The average molecular weight is 302 g/mol. The first-order valence-corrected chi connectivity index (χ1v) is 7.22. The number of benzene rings is 1. The van der Waals surface area contributed by atoms with Gasteiger partial charge < -0.3 is 11.5 Å². The molecule has 1 aromatic carbocycles. The zero-order valence-electron chi connectivity index (χ0n) is 12.9. The lowest BCUT2D eigenvalue weighted by molar-refractivity contribution is -0.149. The van der Waals surface area contributed by atoms with Crippen LogP contribution in [0.4, 0.5) is 13.2 Å². The first-order valence-electron chi connectivity index (χ1n) is 7.22. The SMILES string of the molecule is CC(C)(C)c1cc(CCCCN)cc(C(N)C(F)(F)F)c1. The van der Waals surface area contributed by atoms with Crippen molar-refractivity contribution in [3.63, 3.8) is 0 Å². The van der Waals surface area contributed by atoms with Crippen molar-refractivity contribution < 1.29 is 13.2 Å². The van der Waals surface area contributed by atoms with Crippen LogP contribution >= 0.6 is 0 Å². The van der Waals surface area contributed by atoms with Crippen LogP contribution in [-0.2, 0) is 11.8 Å². The van der Waals surface area contributed by atoms with Gasteiger partial charge in [-0.1, -0.05) is 39.0 Å². The van der Waals surface area contributed by atoms with E-state index in [-0.39, 0.29) is 11.0 Å². The molecule has 0 saturated carbocycles. The van der Waals surface area contributed by atoms with Gasteiger partial charge in [0.05, 0.1) is 0 Å². The fourth-order valence-corrected chi connectivity index (χ4v) is 2.14. The normalized spacial score (nSPS) is 14.3. The highest BCUT2D eigenvalue weighted by molar-refractivity contribution is 5.36. The van der Waals surface area contributed by atoms with E-state index in [2.05, 4.69) is 0 Å². The average Bonchev–Trinajstić information content (AvgIpc) is 2.35. The molecule has 0 heterocycles. The first-order chi connectivity index (χ1) is 9.55. The van der Waals surface area contributed by atoms with Crippen LogP contribution in [0.15, 0.2) is 18.2 Å². The molecule has 0 aliphatic heterocycles. The van der Waals surface area contributed by atoms with E-state index in [4.69, 9.17) is 11.5 Å². The Morgan fingerprint density at radius 2 is 1.67 bits per heavy atom. The molecular weight excluding hydrogens is 277 g/mol. The van der Waals surface area contributed by atoms with Gasteiger partial charge in [0, 0.05) is 0 Å². The number of alkyl halides is 3. The molecule has 1 rings (SSSR count). The summed E-state index contributed by atoms with van der Waals surface area (Å²) in [4.78, 5) is 0. The van der Waals surface area contributed by atoms with Crippen molar-refractivity contribution >= 4 is 0 Å². The second-order valence-electron chi connectivity index (χ2n) is 6.48. The van der Waals surface area contributed by atoms with E-state index in [1.165, 1.54) is 0 Å². The summed E-state index contributed by atoms with van der Waals surface area (Å²) >= 11 is 0. The van der Waals surface area contributed by atoms with Crippen LogP contribution in [0.1, 0.15) is 56.3 Å². The van der Waals surface area contributed by atoms with Crippen LogP contribution < -0.4 is 11.5 Å². The summed E-state index contributed by atoms with van der Waals surface area (Å²) in [5, 5.41) is 0. The van der Waals surface area contributed by atoms with Crippen molar-refractivity contribution in [2.24, 2.45) is 11.5 Å². The number of hydrogen-bond acceptors (Lipinski definition) is 2. The Bertz CT molecular complexity index is 462. The molecule has 0 radical (unpaired) electrons. The zero-order valence-corrected chi connectivity index (χ0v) is 12.9. The topological polar surface area (TPSA) is 52.0 Å². The predicted octanol–water partition coefficient (Wildman–Crippen LogP) is 3.83. The van der Waals surface area contributed by atoms with E-state index in [0.29, 0.717) is 6.54 Å². The lowest BCUT2D eigenvalue weighted by Gasteiger charge is -2.24. The molecule has 0 fully saturated rings. The minimum atomic E-state index is -4.43. The zero-order chi connectivity index (χ0) is 16.3. The molecule has 0 amide bonds. The Kier molecular flexibility index (Phi) is 5.82. The van der Waals surface area contributed by atoms with E-state index in [1.54, 1.807) is 12.1 Å². The van der Waals surface area contributed by atoms with Gasteiger partial charge in [0.1, 0.15) is 6.04 Å². The van der Waals surface area contributed by atoms with Gasteiger partial charge >= 0.3 is 6.18 Å². The monoisotopic (exact) mass is 302 g/mol. The molecule has 5 heteroatoms. The van der Waals surface area contributed by atoms with Crippen LogP contribution in [0.25, 0.3) is 0 Å². The maximum atomic E-state index is 12.9. The van der Waals surface area contributed by atoms with E-state index in [1.807, 2.05) is 26.8 Å². The molecule has 0 spiro atoms. The first kappa shape index (κ1) is 18.0. The van der Waals surface area contributed by atoms with Gasteiger partial charge in [0.2, 0.25) is 0 Å². The standard InChI is InChI=1S/C16H25F3N2/c1-15(2,3)13-9-11(6-4-5-7-20)8-12(10-13)14(21)16(17,18)19/h8-10,14H,4-7,20-21H2,1-3H3. The Morgan fingerprint density at radius 1 is 1.05 bits per heavy atom. The highest BCUT2D eigenvalue weighted by Gasteiger charge is 2.38. The largest absolute Gasteiger partial charge is 0.407 e. The highest BCUT2D eigenvalue weighted by atomic mass is 19.4. The maximum absolute atomic E-state index is 12.9. The fraction of sp³-hybridized carbons (Fsp3) is 0.625. The number of aryl methyl sites for hydroxylation is 1. The summed E-state index contributed by atoms with van der Waals surface area (Å²) in [7, 11) is 0. The molecule has 0 saturated heterocycles. The van der Waals surface area contributed by atoms with Gasteiger partial charge in [-0.05, 0) is 47.9 Å². The molecule has 2 nitrogen and oxygen atoms in total. The molecule has 0 aliphatic carbocycles. The van der Waals surface area contributed by atoms with E-state index in [9.17, 15) is 13.2 Å². The van der Waals surface area contributed by atoms with Crippen LogP contribution in [0, 0.1) is 0 Å². The lowest BCUT2D eigenvalue weighted by Crippen LogP contribution is -2.29. The second-order valence-corrected chi connectivity index (χ2v) is 6.48. The molecular formula is C16H25F3N2. The van der Waals surface area contributed by atoms with E-state index in [0.717, 1.165) is 30.4 Å². The van der Waals surface area contributed by atoms with Crippen molar-refractivity contribution in [3.05, 3.63) is 34.9 Å². The fourth-order valence-electron chi connectivity index (χ4n) is 2.14. The quantitative estimate of drug-likeness (QED) is 0.812. The summed E-state index contributed by atoms with van der Waals surface area (Å²) in [6, 6.07) is 3.19. The molecule has 0 aliphatic rings. The number of hydrogen-bond donors (Lipinski definition) is 2. The molecule has 21 heavy (non-hydrogen) atoms. The predicted molar refractivity (Wildman–Crippen MR) is 80.1 cm³/mol. The number of unbranched alkanes of at least 4 members (excludes halogenated alkanes) is 1. The summed E-state index contributed by atoms with van der Waals surface area (Å²) in [5.74, 6) is 0. The van der Waals surface area contributed by atoms with Gasteiger partial charge in [-0.15, -0.1) is 0 Å². The third kappa shape index (κ3) is 5.32. The van der Waals surface area contributed by atoms with Crippen LogP contribution in [-0.4, -0.2) is 12.7 Å². The van der Waals surface area contributed by atoms with E-state index < -0.39 is 12.2 Å². The molecule has 1 unspecified atom stereocenters. The van der Waals surface area contributed by atoms with Gasteiger partial charge in [-0.3, -0.25) is 0 Å². The minimum Gasteiger partial charge on any atom is -0.330 e. The lowest BCUT2D eigenvalue weighted by atomic mass is 9.83. The van der Waals surface area contributed by atoms with E-state index >= 15 is 0 Å². The second kappa shape index (κ2) is 6.79. The van der Waals surface area contributed by atoms with Crippen LogP contribution in [0.5, 0.6) is 0 Å². The Labute approximate surface area is 124 Å². The summed E-state index contributed by atoms with van der Waals surface area (Å²) in [5.41, 5.74) is 12.5. The molecule has 1 atom stereocenters. The third-order valence-corrected chi connectivity index (χ3v) is 3.51. The van der Waals surface area contributed by atoms with Crippen LogP contribution in [0.3, 0.4) is 0 Å². The molecule has 0 aromatic heterocycles. The van der Waals surface area contributed by atoms with Crippen molar-refractivity contribution in [2.45, 2.75) is 57.7 Å². The summed E-state index contributed by atoms with van der Waals surface area (Å²) in [6.07, 6.45) is -1.98. The maximum Gasteiger partial charge on any atom is 0.407 e. The third-order valence-electron chi connectivity index (χ3n) is 3.51. The Balaban J connectivity index is 3.15.